The zero-order valence-corrected chi connectivity index (χ0v) is 18.9. The lowest BCUT2D eigenvalue weighted by molar-refractivity contribution is -0.122. The Balaban J connectivity index is 2.00. The van der Waals surface area contributed by atoms with Gasteiger partial charge in [0.05, 0.1) is 24.5 Å². The number of hydrogen-bond donors (Lipinski definition) is 1. The number of anilines is 2. The maximum atomic E-state index is 13.6. The van der Waals surface area contributed by atoms with Gasteiger partial charge in [-0.3, -0.25) is 14.5 Å². The maximum Gasteiger partial charge on any atom is 0.230 e. The highest BCUT2D eigenvalue weighted by molar-refractivity contribution is 6.06. The summed E-state index contributed by atoms with van der Waals surface area (Å²) in [4.78, 5) is 28.9. The highest BCUT2D eigenvalue weighted by atomic mass is 16.5. The van der Waals surface area contributed by atoms with Gasteiger partial charge in [0.1, 0.15) is 5.75 Å². The Morgan fingerprint density at radius 1 is 1.10 bits per heavy atom. The first-order valence-corrected chi connectivity index (χ1v) is 10.8. The van der Waals surface area contributed by atoms with Crippen LogP contribution in [0.2, 0.25) is 0 Å². The number of Topliss-reactive ketones (excluding diaryl/α,β-unsaturated/α-hetero) is 1. The smallest absolute Gasteiger partial charge is 0.230 e. The lowest BCUT2D eigenvalue weighted by atomic mass is 9.73. The van der Waals surface area contributed by atoms with E-state index in [0.717, 1.165) is 34.8 Å². The molecule has 1 heterocycles. The van der Waals surface area contributed by atoms with Gasteiger partial charge in [0, 0.05) is 23.6 Å². The molecule has 0 saturated carbocycles. The average Bonchev–Trinajstić information content (AvgIpc) is 2.86. The second-order valence-electron chi connectivity index (χ2n) is 9.51. The molecule has 0 spiro atoms. The number of rotatable bonds is 3. The molecule has 5 nitrogen and oxygen atoms in total. The van der Waals surface area contributed by atoms with Crippen LogP contribution in [0, 0.1) is 11.3 Å². The predicted molar refractivity (Wildman–Crippen MR) is 123 cm³/mol. The van der Waals surface area contributed by atoms with E-state index in [0.29, 0.717) is 12.0 Å². The van der Waals surface area contributed by atoms with Crippen molar-refractivity contribution in [3.63, 3.8) is 0 Å². The molecule has 2 aromatic rings. The number of amides is 1. The first-order valence-electron chi connectivity index (χ1n) is 10.8. The number of ketones is 1. The molecule has 2 aromatic carbocycles. The Kier molecular flexibility index (Phi) is 5.38. The summed E-state index contributed by atoms with van der Waals surface area (Å²) >= 11 is 0. The number of ether oxygens (including phenoxy) is 1. The van der Waals surface area contributed by atoms with Crippen LogP contribution in [0.15, 0.2) is 59.8 Å². The summed E-state index contributed by atoms with van der Waals surface area (Å²) < 4.78 is 5.33. The van der Waals surface area contributed by atoms with Crippen LogP contribution in [0.5, 0.6) is 5.75 Å². The maximum absolute atomic E-state index is 13.6. The highest BCUT2D eigenvalue weighted by Crippen LogP contribution is 2.48. The fourth-order valence-electron chi connectivity index (χ4n) is 4.61. The second-order valence-corrected chi connectivity index (χ2v) is 9.51. The molecule has 5 heteroatoms. The molecule has 0 fully saturated rings. The van der Waals surface area contributed by atoms with Crippen molar-refractivity contribution in [1.82, 2.24) is 0 Å². The fourth-order valence-corrected chi connectivity index (χ4v) is 4.61. The van der Waals surface area contributed by atoms with Crippen molar-refractivity contribution < 1.29 is 14.3 Å². The number of nitrogens with zero attached hydrogens (tertiary/aromatic N) is 1. The molecule has 162 valence electrons. The minimum absolute atomic E-state index is 0.0125. The molecule has 1 amide bonds. The summed E-state index contributed by atoms with van der Waals surface area (Å²) in [7, 11) is 1.63. The van der Waals surface area contributed by atoms with Gasteiger partial charge in [0.2, 0.25) is 5.91 Å². The lowest BCUT2D eigenvalue weighted by Gasteiger charge is -2.37. The van der Waals surface area contributed by atoms with Crippen molar-refractivity contribution in [2.75, 3.05) is 17.3 Å². The molecule has 1 N–H and O–H groups in total. The van der Waals surface area contributed by atoms with Gasteiger partial charge >= 0.3 is 0 Å². The largest absolute Gasteiger partial charge is 0.497 e. The fraction of sp³-hybridized carbons (Fsp3) is 0.385. The SMILES string of the molecule is COc1ccc(C2C3=C(CC(C)(C)CC3=O)Nc3ccccc3N2C(=O)C(C)C)cc1. The number of carbonyl (C=O) groups excluding carboxylic acids is 2. The number of nitrogens with one attached hydrogen (secondary N) is 1. The summed E-state index contributed by atoms with van der Waals surface area (Å²) in [6.07, 6.45) is 1.21. The molecule has 4 rings (SSSR count). The molecule has 0 radical (unpaired) electrons. The standard InChI is InChI=1S/C26H30N2O3/c1-16(2)25(30)28-21-9-7-6-8-19(21)27-20-14-26(3,4)15-22(29)23(20)24(28)17-10-12-18(31-5)13-11-17/h6-13,16,24,27H,14-15H2,1-5H3. The van der Waals surface area contributed by atoms with Gasteiger partial charge in [-0.1, -0.05) is 52.0 Å². The van der Waals surface area contributed by atoms with E-state index >= 15 is 0 Å². The molecule has 1 aliphatic heterocycles. The van der Waals surface area contributed by atoms with E-state index in [-0.39, 0.29) is 23.0 Å². The van der Waals surface area contributed by atoms with Crippen LogP contribution in [-0.2, 0) is 9.59 Å². The van der Waals surface area contributed by atoms with Gasteiger partial charge in [0.25, 0.3) is 0 Å². The number of hydrogen-bond acceptors (Lipinski definition) is 4. The van der Waals surface area contributed by atoms with Gasteiger partial charge in [0.15, 0.2) is 5.78 Å². The quantitative estimate of drug-likeness (QED) is 0.716. The van der Waals surface area contributed by atoms with Crippen LogP contribution in [0.1, 0.15) is 52.1 Å². The summed E-state index contributed by atoms with van der Waals surface area (Å²) in [5, 5.41) is 3.53. The van der Waals surface area contributed by atoms with Crippen LogP contribution in [0.4, 0.5) is 11.4 Å². The minimum atomic E-state index is -0.490. The van der Waals surface area contributed by atoms with E-state index in [1.54, 1.807) is 7.11 Å². The number of fused-ring (bicyclic) bond motifs is 1. The molecule has 1 unspecified atom stereocenters. The van der Waals surface area contributed by atoms with E-state index in [9.17, 15) is 9.59 Å². The van der Waals surface area contributed by atoms with E-state index < -0.39 is 6.04 Å². The monoisotopic (exact) mass is 418 g/mol. The molecular weight excluding hydrogens is 388 g/mol. The van der Waals surface area contributed by atoms with E-state index in [2.05, 4.69) is 19.2 Å². The zero-order valence-electron chi connectivity index (χ0n) is 18.9. The first kappa shape index (κ1) is 21.2. The Labute approximate surface area is 184 Å². The molecular formula is C26H30N2O3. The molecule has 31 heavy (non-hydrogen) atoms. The third-order valence-electron chi connectivity index (χ3n) is 6.06. The van der Waals surface area contributed by atoms with Gasteiger partial charge in [-0.15, -0.1) is 0 Å². The second kappa shape index (κ2) is 7.88. The van der Waals surface area contributed by atoms with Crippen LogP contribution in [-0.4, -0.2) is 18.8 Å². The van der Waals surface area contributed by atoms with E-state index in [4.69, 9.17) is 4.74 Å². The van der Waals surface area contributed by atoms with Crippen LogP contribution >= 0.6 is 0 Å². The Morgan fingerprint density at radius 2 is 1.77 bits per heavy atom. The van der Waals surface area contributed by atoms with Crippen molar-refractivity contribution in [1.29, 1.82) is 0 Å². The molecule has 0 aromatic heterocycles. The van der Waals surface area contributed by atoms with Crippen LogP contribution in [0.3, 0.4) is 0 Å². The Hall–Kier alpha value is -3.08. The molecule has 1 aliphatic carbocycles. The average molecular weight is 419 g/mol. The molecule has 0 bridgehead atoms. The van der Waals surface area contributed by atoms with E-state index in [1.165, 1.54) is 0 Å². The number of allylic oxidation sites excluding steroid dienone is 1. The Bertz CT molecular complexity index is 1050. The minimum Gasteiger partial charge on any atom is -0.497 e. The van der Waals surface area contributed by atoms with Gasteiger partial charge in [-0.2, -0.15) is 0 Å². The van der Waals surface area contributed by atoms with Crippen molar-refractivity contribution >= 4 is 23.1 Å². The van der Waals surface area contributed by atoms with Crippen LogP contribution in [0.25, 0.3) is 0 Å². The van der Waals surface area contributed by atoms with Crippen molar-refractivity contribution in [3.8, 4) is 5.75 Å². The van der Waals surface area contributed by atoms with Crippen molar-refractivity contribution in [2.45, 2.75) is 46.6 Å². The summed E-state index contributed by atoms with van der Waals surface area (Å²) in [5.41, 5.74) is 4.00. The topological polar surface area (TPSA) is 58.6 Å². The summed E-state index contributed by atoms with van der Waals surface area (Å²) in [5.74, 6) is 0.601. The van der Waals surface area contributed by atoms with E-state index in [1.807, 2.05) is 67.3 Å². The number of para-hydroxylation sites is 2. The van der Waals surface area contributed by atoms with Crippen molar-refractivity contribution in [2.24, 2.45) is 11.3 Å². The molecule has 2 aliphatic rings. The summed E-state index contributed by atoms with van der Waals surface area (Å²) in [6.45, 7) is 8.03. The lowest BCUT2D eigenvalue weighted by Crippen LogP contribution is -2.41. The van der Waals surface area contributed by atoms with Gasteiger partial charge in [-0.05, 0) is 41.7 Å². The van der Waals surface area contributed by atoms with Crippen LogP contribution < -0.4 is 15.0 Å². The third kappa shape index (κ3) is 3.85. The predicted octanol–water partition coefficient (Wildman–Crippen LogP) is 5.49. The number of methoxy groups -OCH3 is 1. The first-order chi connectivity index (χ1) is 14.7. The molecule has 1 atom stereocenters. The zero-order chi connectivity index (χ0) is 22.3. The number of carbonyl (C=O) groups is 2. The molecule has 0 saturated heterocycles. The third-order valence-corrected chi connectivity index (χ3v) is 6.06. The summed E-state index contributed by atoms with van der Waals surface area (Å²) in [6, 6.07) is 15.0. The normalized spacial score (nSPS) is 20.0. The van der Waals surface area contributed by atoms with Gasteiger partial charge in [-0.25, -0.2) is 0 Å². The Morgan fingerprint density at radius 3 is 2.42 bits per heavy atom. The number of benzene rings is 2. The van der Waals surface area contributed by atoms with Gasteiger partial charge < -0.3 is 10.1 Å². The highest BCUT2D eigenvalue weighted by Gasteiger charge is 2.43. The van der Waals surface area contributed by atoms with Crippen molar-refractivity contribution in [3.05, 3.63) is 65.4 Å².